The number of nitrogens with one attached hydrogen (secondary N) is 1. The van der Waals surface area contributed by atoms with Crippen molar-refractivity contribution < 1.29 is 23.1 Å². The summed E-state index contributed by atoms with van der Waals surface area (Å²) >= 11 is 0. The third-order valence-electron chi connectivity index (χ3n) is 3.35. The van der Waals surface area contributed by atoms with E-state index in [1.165, 1.54) is 37.3 Å². The van der Waals surface area contributed by atoms with E-state index in [1.807, 2.05) is 0 Å². The molecule has 1 atom stereocenters. The molecule has 1 N–H and O–H groups in total. The maximum atomic E-state index is 13.5. The van der Waals surface area contributed by atoms with Gasteiger partial charge in [0.25, 0.3) is 5.91 Å². The number of carbonyl (C=O) groups excluding carboxylic acids is 2. The number of ether oxygens (including phenoxy) is 1. The molecule has 0 aromatic heterocycles. The Balaban J connectivity index is 1.81. The summed E-state index contributed by atoms with van der Waals surface area (Å²) in [5.74, 6) is -2.03. The summed E-state index contributed by atoms with van der Waals surface area (Å²) in [6, 6.07) is 11.5. The SMILES string of the molecule is C[C@H](OC(=O)Cc1ccccc1F)C(=O)NCc1ccc(F)cc1. The molecule has 0 fully saturated rings. The van der Waals surface area contributed by atoms with E-state index in [4.69, 9.17) is 4.74 Å². The van der Waals surface area contributed by atoms with Gasteiger partial charge in [-0.25, -0.2) is 8.78 Å². The molecule has 6 heteroatoms. The highest BCUT2D eigenvalue weighted by molar-refractivity contribution is 5.83. The molecule has 2 aromatic carbocycles. The maximum Gasteiger partial charge on any atom is 0.311 e. The summed E-state index contributed by atoms with van der Waals surface area (Å²) in [4.78, 5) is 23.7. The first-order valence-electron chi connectivity index (χ1n) is 7.40. The van der Waals surface area contributed by atoms with Crippen LogP contribution >= 0.6 is 0 Å². The van der Waals surface area contributed by atoms with Gasteiger partial charge in [0, 0.05) is 6.54 Å². The summed E-state index contributed by atoms with van der Waals surface area (Å²) < 4.78 is 31.3. The van der Waals surface area contributed by atoms with Gasteiger partial charge in [-0.1, -0.05) is 30.3 Å². The van der Waals surface area contributed by atoms with Crippen molar-refractivity contribution in [3.63, 3.8) is 0 Å². The van der Waals surface area contributed by atoms with Crippen molar-refractivity contribution in [3.05, 3.63) is 71.3 Å². The van der Waals surface area contributed by atoms with Gasteiger partial charge < -0.3 is 10.1 Å². The van der Waals surface area contributed by atoms with Crippen LogP contribution in [0.15, 0.2) is 48.5 Å². The van der Waals surface area contributed by atoms with Gasteiger partial charge >= 0.3 is 5.97 Å². The van der Waals surface area contributed by atoms with E-state index in [0.717, 1.165) is 5.56 Å². The van der Waals surface area contributed by atoms with Gasteiger partial charge in [0.2, 0.25) is 0 Å². The molecule has 0 saturated carbocycles. The molecule has 2 rings (SSSR count). The van der Waals surface area contributed by atoms with Crippen LogP contribution in [0.3, 0.4) is 0 Å². The van der Waals surface area contributed by atoms with Gasteiger partial charge in [-0.05, 0) is 36.2 Å². The zero-order valence-corrected chi connectivity index (χ0v) is 13.1. The van der Waals surface area contributed by atoms with E-state index in [2.05, 4.69) is 5.32 Å². The van der Waals surface area contributed by atoms with E-state index in [1.54, 1.807) is 18.2 Å². The Labute approximate surface area is 138 Å². The molecule has 0 unspecified atom stereocenters. The molecular weight excluding hydrogens is 316 g/mol. The maximum absolute atomic E-state index is 13.5. The molecule has 4 nitrogen and oxygen atoms in total. The largest absolute Gasteiger partial charge is 0.452 e. The van der Waals surface area contributed by atoms with Gasteiger partial charge in [0.05, 0.1) is 6.42 Å². The van der Waals surface area contributed by atoms with Crippen LogP contribution in [0.25, 0.3) is 0 Å². The predicted molar refractivity (Wildman–Crippen MR) is 83.9 cm³/mol. The minimum Gasteiger partial charge on any atom is -0.452 e. The minimum atomic E-state index is -1.01. The monoisotopic (exact) mass is 333 g/mol. The average Bonchev–Trinajstić information content (AvgIpc) is 2.56. The second kappa shape index (κ2) is 8.19. The van der Waals surface area contributed by atoms with Crippen molar-refractivity contribution in [2.75, 3.05) is 0 Å². The van der Waals surface area contributed by atoms with E-state index < -0.39 is 23.8 Å². The van der Waals surface area contributed by atoms with Crippen LogP contribution in [0.2, 0.25) is 0 Å². The first kappa shape index (κ1) is 17.6. The van der Waals surface area contributed by atoms with Crippen molar-refractivity contribution in [1.29, 1.82) is 0 Å². The van der Waals surface area contributed by atoms with Crippen LogP contribution in [-0.2, 0) is 27.3 Å². The molecule has 1 amide bonds. The smallest absolute Gasteiger partial charge is 0.311 e. The third kappa shape index (κ3) is 5.15. The molecule has 0 aliphatic carbocycles. The molecule has 0 aliphatic heterocycles. The first-order chi connectivity index (χ1) is 11.5. The lowest BCUT2D eigenvalue weighted by Crippen LogP contribution is -2.35. The van der Waals surface area contributed by atoms with Crippen molar-refractivity contribution in [3.8, 4) is 0 Å². The molecule has 0 saturated heterocycles. The number of rotatable bonds is 6. The third-order valence-corrected chi connectivity index (χ3v) is 3.35. The second-order valence-corrected chi connectivity index (χ2v) is 5.24. The summed E-state index contributed by atoms with van der Waals surface area (Å²) in [6.07, 6.45) is -1.26. The van der Waals surface area contributed by atoms with Gasteiger partial charge in [0.1, 0.15) is 11.6 Å². The molecule has 0 bridgehead atoms. The van der Waals surface area contributed by atoms with E-state index in [0.29, 0.717) is 0 Å². The lowest BCUT2D eigenvalue weighted by molar-refractivity contribution is -0.154. The fourth-order valence-electron chi connectivity index (χ4n) is 2.02. The molecule has 2 aromatic rings. The molecule has 0 aliphatic rings. The normalized spacial score (nSPS) is 11.6. The Kier molecular flexibility index (Phi) is 6.01. The molecule has 0 radical (unpaired) electrons. The predicted octanol–water partition coefficient (Wildman–Crippen LogP) is 2.76. The fraction of sp³-hybridized carbons (Fsp3) is 0.222. The first-order valence-corrected chi connectivity index (χ1v) is 7.40. The van der Waals surface area contributed by atoms with Crippen molar-refractivity contribution in [1.82, 2.24) is 5.32 Å². The lowest BCUT2D eigenvalue weighted by atomic mass is 10.1. The number of carbonyl (C=O) groups is 2. The Morgan fingerprint density at radius 2 is 1.75 bits per heavy atom. The van der Waals surface area contributed by atoms with Crippen LogP contribution in [0, 0.1) is 11.6 Å². The summed E-state index contributed by atoms with van der Waals surface area (Å²) in [5.41, 5.74) is 0.927. The summed E-state index contributed by atoms with van der Waals surface area (Å²) in [6.45, 7) is 1.62. The van der Waals surface area contributed by atoms with Gasteiger partial charge in [-0.2, -0.15) is 0 Å². The van der Waals surface area contributed by atoms with Crippen LogP contribution < -0.4 is 5.32 Å². The number of halogens is 2. The van der Waals surface area contributed by atoms with Crippen LogP contribution in [0.1, 0.15) is 18.1 Å². The standard InChI is InChI=1S/C18H17F2NO3/c1-12(18(23)21-11-13-6-8-15(19)9-7-13)24-17(22)10-14-4-2-3-5-16(14)20/h2-9,12H,10-11H2,1H3,(H,21,23)/t12-/m0/s1. The van der Waals surface area contributed by atoms with Crippen LogP contribution in [-0.4, -0.2) is 18.0 Å². The van der Waals surface area contributed by atoms with Crippen molar-refractivity contribution >= 4 is 11.9 Å². The zero-order chi connectivity index (χ0) is 17.5. The highest BCUT2D eigenvalue weighted by atomic mass is 19.1. The number of hydrogen-bond donors (Lipinski definition) is 1. The highest BCUT2D eigenvalue weighted by Gasteiger charge is 2.18. The number of hydrogen-bond acceptors (Lipinski definition) is 3. The summed E-state index contributed by atoms with van der Waals surface area (Å²) in [5, 5.41) is 2.59. The van der Waals surface area contributed by atoms with Crippen LogP contribution in [0.5, 0.6) is 0 Å². The Morgan fingerprint density at radius 1 is 1.08 bits per heavy atom. The zero-order valence-electron chi connectivity index (χ0n) is 13.1. The van der Waals surface area contributed by atoms with Gasteiger partial charge in [-0.3, -0.25) is 9.59 Å². The Hall–Kier alpha value is -2.76. The molecule has 126 valence electrons. The van der Waals surface area contributed by atoms with Crippen molar-refractivity contribution in [2.24, 2.45) is 0 Å². The van der Waals surface area contributed by atoms with Crippen molar-refractivity contribution in [2.45, 2.75) is 26.0 Å². The lowest BCUT2D eigenvalue weighted by Gasteiger charge is -2.13. The average molecular weight is 333 g/mol. The Morgan fingerprint density at radius 3 is 2.42 bits per heavy atom. The molecule has 0 heterocycles. The number of benzene rings is 2. The number of amides is 1. The van der Waals surface area contributed by atoms with Crippen LogP contribution in [0.4, 0.5) is 8.78 Å². The fourth-order valence-corrected chi connectivity index (χ4v) is 2.02. The molecule has 0 spiro atoms. The second-order valence-electron chi connectivity index (χ2n) is 5.24. The quantitative estimate of drug-likeness (QED) is 0.827. The number of esters is 1. The van der Waals surface area contributed by atoms with E-state index in [-0.39, 0.29) is 24.3 Å². The minimum absolute atomic E-state index is 0.189. The highest BCUT2D eigenvalue weighted by Crippen LogP contribution is 2.09. The topological polar surface area (TPSA) is 55.4 Å². The molecular formula is C18H17F2NO3. The van der Waals surface area contributed by atoms with Gasteiger partial charge in [-0.15, -0.1) is 0 Å². The molecule has 24 heavy (non-hydrogen) atoms. The van der Waals surface area contributed by atoms with E-state index in [9.17, 15) is 18.4 Å². The Bertz CT molecular complexity index is 716. The summed E-state index contributed by atoms with van der Waals surface area (Å²) in [7, 11) is 0. The van der Waals surface area contributed by atoms with Gasteiger partial charge in [0.15, 0.2) is 6.10 Å². The van der Waals surface area contributed by atoms with E-state index >= 15 is 0 Å².